The average molecular weight is 257 g/mol. The second-order valence-corrected chi connectivity index (χ2v) is 5.71. The van der Waals surface area contributed by atoms with Crippen molar-refractivity contribution in [1.82, 2.24) is 0 Å². The minimum atomic E-state index is 0.0300. The van der Waals surface area contributed by atoms with Crippen molar-refractivity contribution in [3.05, 3.63) is 42.7 Å². The highest BCUT2D eigenvalue weighted by atomic mass is 35.5. The molecule has 0 bridgehead atoms. The first kappa shape index (κ1) is 10.9. The van der Waals surface area contributed by atoms with Crippen molar-refractivity contribution in [2.45, 2.75) is 13.8 Å². The Balaban J connectivity index is 2.41. The lowest BCUT2D eigenvalue weighted by atomic mass is 10.1. The lowest BCUT2D eigenvalue weighted by Gasteiger charge is -1.95. The van der Waals surface area contributed by atoms with Crippen LogP contribution in [0.3, 0.4) is 0 Å². The second kappa shape index (κ2) is 4.08. The molecule has 0 aliphatic heterocycles. The molecule has 4 heteroatoms. The van der Waals surface area contributed by atoms with E-state index in [4.69, 9.17) is 11.6 Å². The van der Waals surface area contributed by atoms with Crippen LogP contribution in [0, 0.1) is 13.8 Å². The van der Waals surface area contributed by atoms with Gasteiger partial charge in [0.15, 0.2) is 0 Å². The zero-order valence-electron chi connectivity index (χ0n) is 8.33. The van der Waals surface area contributed by atoms with E-state index in [1.54, 1.807) is 11.3 Å². The first-order chi connectivity index (χ1) is 7.09. The van der Waals surface area contributed by atoms with Gasteiger partial charge in [0.2, 0.25) is 5.78 Å². The number of ketones is 1. The Bertz CT molecular complexity index is 510. The molecule has 0 aromatic carbocycles. The second-order valence-electron chi connectivity index (χ2n) is 3.34. The summed E-state index contributed by atoms with van der Waals surface area (Å²) in [7, 11) is 0. The zero-order chi connectivity index (χ0) is 11.0. The average Bonchev–Trinajstić information content (AvgIpc) is 2.75. The summed E-state index contributed by atoms with van der Waals surface area (Å²) in [5.74, 6) is 0.0300. The molecule has 0 unspecified atom stereocenters. The summed E-state index contributed by atoms with van der Waals surface area (Å²) in [6.45, 7) is 3.90. The fourth-order valence-corrected chi connectivity index (χ4v) is 3.20. The van der Waals surface area contributed by atoms with Gasteiger partial charge in [-0.15, -0.1) is 22.7 Å². The Morgan fingerprint density at radius 3 is 2.47 bits per heavy atom. The lowest BCUT2D eigenvalue weighted by Crippen LogP contribution is -1.96. The minimum Gasteiger partial charge on any atom is -0.288 e. The molecule has 0 atom stereocenters. The molecule has 1 nitrogen and oxygen atoms in total. The highest BCUT2D eigenvalue weighted by Crippen LogP contribution is 2.30. The minimum absolute atomic E-state index is 0.0300. The number of thiophene rings is 2. The van der Waals surface area contributed by atoms with Gasteiger partial charge in [-0.1, -0.05) is 11.6 Å². The maximum absolute atomic E-state index is 12.0. The van der Waals surface area contributed by atoms with E-state index in [1.807, 2.05) is 30.7 Å². The molecule has 0 saturated heterocycles. The SMILES string of the molecule is Cc1cc(C(=O)c2scc(C)c2Cl)cs1. The third kappa shape index (κ3) is 2.00. The number of carbonyl (C=O) groups is 1. The summed E-state index contributed by atoms with van der Waals surface area (Å²) in [6, 6.07) is 1.90. The van der Waals surface area contributed by atoms with Crippen LogP contribution in [0.4, 0.5) is 0 Å². The Morgan fingerprint density at radius 1 is 1.27 bits per heavy atom. The molecule has 2 rings (SSSR count). The van der Waals surface area contributed by atoms with Gasteiger partial charge in [-0.2, -0.15) is 0 Å². The number of hydrogen-bond donors (Lipinski definition) is 0. The molecule has 0 fully saturated rings. The Morgan fingerprint density at radius 2 is 2.00 bits per heavy atom. The van der Waals surface area contributed by atoms with Gasteiger partial charge in [0, 0.05) is 15.8 Å². The first-order valence-corrected chi connectivity index (χ1v) is 6.56. The van der Waals surface area contributed by atoms with Gasteiger partial charge in [-0.25, -0.2) is 0 Å². The fraction of sp³-hybridized carbons (Fsp3) is 0.182. The smallest absolute Gasteiger partial charge is 0.205 e. The van der Waals surface area contributed by atoms with Gasteiger partial charge >= 0.3 is 0 Å². The zero-order valence-corrected chi connectivity index (χ0v) is 10.7. The fourth-order valence-electron chi connectivity index (χ4n) is 1.28. The van der Waals surface area contributed by atoms with Crippen LogP contribution in [0.2, 0.25) is 5.02 Å². The van der Waals surface area contributed by atoms with Gasteiger partial charge < -0.3 is 0 Å². The van der Waals surface area contributed by atoms with Crippen molar-refractivity contribution in [3.8, 4) is 0 Å². The number of rotatable bonds is 2. The van der Waals surface area contributed by atoms with Crippen LogP contribution >= 0.6 is 34.3 Å². The summed E-state index contributed by atoms with van der Waals surface area (Å²) < 4.78 is 0. The molecule has 0 spiro atoms. The van der Waals surface area contributed by atoms with E-state index in [-0.39, 0.29) is 5.78 Å². The molecule has 15 heavy (non-hydrogen) atoms. The van der Waals surface area contributed by atoms with Crippen molar-refractivity contribution in [2.24, 2.45) is 0 Å². The summed E-state index contributed by atoms with van der Waals surface area (Å²) in [6.07, 6.45) is 0. The standard InChI is InChI=1S/C11H9ClOS2/c1-6-4-15-11(9(6)12)10(13)8-3-7(2)14-5-8/h3-5H,1-2H3. The molecule has 0 aliphatic rings. The van der Waals surface area contributed by atoms with Crippen LogP contribution in [0.25, 0.3) is 0 Å². The summed E-state index contributed by atoms with van der Waals surface area (Å²) in [5, 5.41) is 4.38. The molecular weight excluding hydrogens is 248 g/mol. The van der Waals surface area contributed by atoms with Crippen LogP contribution < -0.4 is 0 Å². The quantitative estimate of drug-likeness (QED) is 0.732. The number of hydrogen-bond acceptors (Lipinski definition) is 3. The van der Waals surface area contributed by atoms with Crippen LogP contribution in [0.5, 0.6) is 0 Å². The summed E-state index contributed by atoms with van der Waals surface area (Å²) >= 11 is 9.05. The van der Waals surface area contributed by atoms with Crippen molar-refractivity contribution >= 4 is 40.1 Å². The normalized spacial score (nSPS) is 10.6. The van der Waals surface area contributed by atoms with E-state index in [9.17, 15) is 4.79 Å². The highest BCUT2D eigenvalue weighted by molar-refractivity contribution is 7.13. The van der Waals surface area contributed by atoms with Crippen LogP contribution in [0.15, 0.2) is 16.8 Å². The molecule has 0 N–H and O–H groups in total. The number of aryl methyl sites for hydroxylation is 2. The van der Waals surface area contributed by atoms with Crippen molar-refractivity contribution in [1.29, 1.82) is 0 Å². The van der Waals surface area contributed by atoms with Crippen LogP contribution in [0.1, 0.15) is 25.7 Å². The van der Waals surface area contributed by atoms with Gasteiger partial charge in [-0.3, -0.25) is 4.79 Å². The molecular formula is C11H9ClOS2. The van der Waals surface area contributed by atoms with E-state index >= 15 is 0 Å². The van der Waals surface area contributed by atoms with E-state index in [0.717, 1.165) is 16.0 Å². The van der Waals surface area contributed by atoms with E-state index < -0.39 is 0 Å². The molecule has 0 saturated carbocycles. The highest BCUT2D eigenvalue weighted by Gasteiger charge is 2.17. The molecule has 2 heterocycles. The van der Waals surface area contributed by atoms with Crippen LogP contribution in [-0.2, 0) is 0 Å². The van der Waals surface area contributed by atoms with E-state index in [2.05, 4.69) is 0 Å². The van der Waals surface area contributed by atoms with Gasteiger partial charge in [0.25, 0.3) is 0 Å². The molecule has 78 valence electrons. The summed E-state index contributed by atoms with van der Waals surface area (Å²) in [4.78, 5) is 13.8. The predicted octanol–water partition coefficient (Wildman–Crippen LogP) is 4.31. The molecule has 2 aromatic rings. The topological polar surface area (TPSA) is 17.1 Å². The number of carbonyl (C=O) groups excluding carboxylic acids is 1. The molecule has 0 aliphatic carbocycles. The Hall–Kier alpha value is -0.640. The Labute approximate surface area is 101 Å². The van der Waals surface area contributed by atoms with Gasteiger partial charge in [0.1, 0.15) is 0 Å². The maximum atomic E-state index is 12.0. The maximum Gasteiger partial charge on any atom is 0.205 e. The molecule has 0 radical (unpaired) electrons. The monoisotopic (exact) mass is 256 g/mol. The first-order valence-electron chi connectivity index (χ1n) is 4.43. The van der Waals surface area contributed by atoms with E-state index in [1.165, 1.54) is 11.3 Å². The molecule has 2 aromatic heterocycles. The lowest BCUT2D eigenvalue weighted by molar-refractivity contribution is 0.104. The summed E-state index contributed by atoms with van der Waals surface area (Å²) in [5.41, 5.74) is 1.71. The number of halogens is 1. The predicted molar refractivity (Wildman–Crippen MR) is 66.6 cm³/mol. The molecule has 0 amide bonds. The van der Waals surface area contributed by atoms with Crippen molar-refractivity contribution in [2.75, 3.05) is 0 Å². The van der Waals surface area contributed by atoms with Crippen molar-refractivity contribution < 1.29 is 4.79 Å². The third-order valence-corrected chi connectivity index (χ3v) is 4.66. The largest absolute Gasteiger partial charge is 0.288 e. The van der Waals surface area contributed by atoms with Crippen LogP contribution in [-0.4, -0.2) is 5.78 Å². The van der Waals surface area contributed by atoms with Gasteiger partial charge in [0.05, 0.1) is 9.90 Å². The third-order valence-electron chi connectivity index (χ3n) is 2.10. The Kier molecular flexibility index (Phi) is 2.96. The van der Waals surface area contributed by atoms with Gasteiger partial charge in [-0.05, 0) is 30.9 Å². The van der Waals surface area contributed by atoms with Crippen molar-refractivity contribution in [3.63, 3.8) is 0 Å². The van der Waals surface area contributed by atoms with E-state index in [0.29, 0.717) is 9.90 Å².